The minimum atomic E-state index is 0. The Balaban J connectivity index is -0.0000000267. The molecular weight excluding hydrogens is 108 g/mol. The van der Waals surface area contributed by atoms with Crippen LogP contribution < -0.4 is 0 Å². The summed E-state index contributed by atoms with van der Waals surface area (Å²) in [7, 11) is 0. The molecule has 0 spiro atoms. The van der Waals surface area contributed by atoms with Crippen LogP contribution in [0.3, 0.4) is 0 Å². The van der Waals surface area contributed by atoms with Crippen molar-refractivity contribution < 1.29 is 2.85 Å². The number of halogens is 1. The number of hydrogen-bond donors (Lipinski definition) is 0. The van der Waals surface area contributed by atoms with Crippen LogP contribution in [0.4, 0.5) is 0 Å². The monoisotopic (exact) mass is 118 g/mol. The van der Waals surface area contributed by atoms with Gasteiger partial charge in [-0.15, -0.1) is 11.6 Å². The molecule has 0 fully saturated rings. The Morgan fingerprint density at radius 1 is 1.67 bits per heavy atom. The van der Waals surface area contributed by atoms with Gasteiger partial charge in [-0.2, -0.15) is 0 Å². The number of rotatable bonds is 1. The van der Waals surface area contributed by atoms with Crippen LogP contribution in [0.5, 0.6) is 0 Å². The van der Waals surface area contributed by atoms with Crippen molar-refractivity contribution in [2.75, 3.05) is 5.88 Å². The molecule has 0 atom stereocenters. The first-order chi connectivity index (χ1) is 2.27. The van der Waals surface area contributed by atoms with Crippen LogP contribution in [0, 0.1) is 5.92 Å². The maximum atomic E-state index is 5.34. The van der Waals surface area contributed by atoms with Crippen LogP contribution in [0.25, 0.3) is 0 Å². The van der Waals surface area contributed by atoms with E-state index in [0.717, 1.165) is 5.88 Å². The van der Waals surface area contributed by atoms with Crippen molar-refractivity contribution in [1.82, 2.24) is 0 Å². The summed E-state index contributed by atoms with van der Waals surface area (Å²) in [4.78, 5) is 0. The second-order valence-corrected chi connectivity index (χ2v) is 1.86. The van der Waals surface area contributed by atoms with Gasteiger partial charge in [-0.05, 0) is 5.92 Å². The first-order valence-electron chi connectivity index (χ1n) is 1.83. The fourth-order valence-corrected chi connectivity index (χ4v) is 0. The first-order valence-corrected chi connectivity index (χ1v) is 2.36. The maximum Gasteiger partial charge on any atom is 2.00 e. The van der Waals surface area contributed by atoms with E-state index in [1.54, 1.807) is 0 Å². The molecule has 0 aliphatic rings. The van der Waals surface area contributed by atoms with Crippen molar-refractivity contribution in [3.63, 3.8) is 0 Å². The molecule has 0 radical (unpaired) electrons. The fourth-order valence-electron chi connectivity index (χ4n) is 0. The average molecular weight is 119 g/mol. The predicted molar refractivity (Wildman–Crippen MR) is 33.5 cm³/mol. The van der Waals surface area contributed by atoms with Crippen LogP contribution in [0.1, 0.15) is 16.7 Å². The third-order valence-electron chi connectivity index (χ3n) is 0.309. The predicted octanol–water partition coefficient (Wildman–Crippen LogP) is 1.73. The van der Waals surface area contributed by atoms with E-state index in [1.165, 1.54) is 0 Å². The van der Waals surface area contributed by atoms with Crippen LogP contribution in [-0.4, -0.2) is 28.9 Å². The zero-order valence-corrected chi connectivity index (χ0v) is 6.54. The van der Waals surface area contributed by atoms with Gasteiger partial charge in [0.15, 0.2) is 0 Å². The van der Waals surface area contributed by atoms with Crippen molar-refractivity contribution in [2.45, 2.75) is 13.8 Å². The van der Waals surface area contributed by atoms with E-state index in [0.29, 0.717) is 5.92 Å². The third kappa shape index (κ3) is 8.91. The van der Waals surface area contributed by atoms with Crippen molar-refractivity contribution in [3.05, 3.63) is 0 Å². The molecule has 0 aliphatic carbocycles. The molecule has 6 heavy (non-hydrogen) atoms. The molecule has 36 valence electrons. The molecule has 0 rings (SSSR count). The van der Waals surface area contributed by atoms with Gasteiger partial charge >= 0.3 is 23.1 Å². The SMILES string of the molecule is CC(C)CCl.[H-].[H-].[Mg+2]. The van der Waals surface area contributed by atoms with Gasteiger partial charge in [0.2, 0.25) is 0 Å². The summed E-state index contributed by atoms with van der Waals surface area (Å²) in [5.74, 6) is 1.43. The molecule has 0 saturated carbocycles. The summed E-state index contributed by atoms with van der Waals surface area (Å²) in [6, 6.07) is 0. The van der Waals surface area contributed by atoms with Gasteiger partial charge in [0.25, 0.3) is 0 Å². The summed E-state index contributed by atoms with van der Waals surface area (Å²) < 4.78 is 0. The Kier molecular flexibility index (Phi) is 10.2. The van der Waals surface area contributed by atoms with Crippen molar-refractivity contribution in [2.24, 2.45) is 5.92 Å². The quantitative estimate of drug-likeness (QED) is 0.364. The maximum absolute atomic E-state index is 5.34. The van der Waals surface area contributed by atoms with Crippen LogP contribution >= 0.6 is 11.6 Å². The second kappa shape index (κ2) is 6.06. The van der Waals surface area contributed by atoms with Gasteiger partial charge in [0, 0.05) is 5.88 Å². The Morgan fingerprint density at radius 2 is 1.83 bits per heavy atom. The Bertz CT molecular complexity index is 28.0. The Hall–Kier alpha value is 1.06. The first kappa shape index (κ1) is 10.1. The van der Waals surface area contributed by atoms with E-state index < -0.39 is 0 Å². The molecule has 2 heteroatoms. The van der Waals surface area contributed by atoms with E-state index in [-0.39, 0.29) is 25.9 Å². The summed E-state index contributed by atoms with van der Waals surface area (Å²) in [6.07, 6.45) is 0. The molecule has 0 aromatic rings. The summed E-state index contributed by atoms with van der Waals surface area (Å²) in [5, 5.41) is 0. The van der Waals surface area contributed by atoms with Gasteiger partial charge in [-0.3, -0.25) is 0 Å². The van der Waals surface area contributed by atoms with Crippen molar-refractivity contribution in [1.29, 1.82) is 0 Å². The number of hydrogen-bond acceptors (Lipinski definition) is 0. The molecule has 0 nitrogen and oxygen atoms in total. The molecule has 0 heterocycles. The largest absolute Gasteiger partial charge is 2.00 e. The van der Waals surface area contributed by atoms with E-state index in [2.05, 4.69) is 13.8 Å². The van der Waals surface area contributed by atoms with E-state index in [1.807, 2.05) is 0 Å². The average Bonchev–Trinajstić information content (AvgIpc) is 1.38. The zero-order chi connectivity index (χ0) is 4.28. The fraction of sp³-hybridized carbons (Fsp3) is 1.00. The molecule has 0 amide bonds. The van der Waals surface area contributed by atoms with Crippen molar-refractivity contribution >= 4 is 34.7 Å². The molecule has 0 aromatic carbocycles. The smallest absolute Gasteiger partial charge is 1.00 e. The van der Waals surface area contributed by atoms with Gasteiger partial charge in [0.1, 0.15) is 0 Å². The second-order valence-electron chi connectivity index (χ2n) is 1.55. The van der Waals surface area contributed by atoms with Crippen molar-refractivity contribution in [3.8, 4) is 0 Å². The van der Waals surface area contributed by atoms with E-state index in [4.69, 9.17) is 11.6 Å². The van der Waals surface area contributed by atoms with E-state index in [9.17, 15) is 0 Å². The van der Waals surface area contributed by atoms with Gasteiger partial charge < -0.3 is 2.85 Å². The summed E-state index contributed by atoms with van der Waals surface area (Å²) >= 11 is 5.34. The normalized spacial score (nSPS) is 8.00. The van der Waals surface area contributed by atoms with Gasteiger partial charge in [0.05, 0.1) is 0 Å². The van der Waals surface area contributed by atoms with E-state index >= 15 is 0 Å². The minimum Gasteiger partial charge on any atom is -1.00 e. The minimum absolute atomic E-state index is 0. The standard InChI is InChI=1S/C4H9Cl.Mg.2H/c1-4(2)3-5;;;/h4H,3H2,1-2H3;;;/q;+2;2*-1. The number of alkyl halides is 1. The molecule has 0 N–H and O–H groups in total. The van der Waals surface area contributed by atoms with Crippen LogP contribution in [-0.2, 0) is 0 Å². The summed E-state index contributed by atoms with van der Waals surface area (Å²) in [5.41, 5.74) is 0. The third-order valence-corrected chi connectivity index (χ3v) is 0.926. The van der Waals surface area contributed by atoms with Crippen LogP contribution in [0.15, 0.2) is 0 Å². The zero-order valence-electron chi connectivity index (χ0n) is 6.37. The Labute approximate surface area is 63.4 Å². The van der Waals surface area contributed by atoms with Crippen LogP contribution in [0.2, 0.25) is 0 Å². The summed E-state index contributed by atoms with van der Waals surface area (Å²) in [6.45, 7) is 4.18. The Morgan fingerprint density at radius 3 is 1.83 bits per heavy atom. The molecule has 0 bridgehead atoms. The topological polar surface area (TPSA) is 0 Å². The van der Waals surface area contributed by atoms with Gasteiger partial charge in [-0.25, -0.2) is 0 Å². The molecule has 0 saturated heterocycles. The molecular formula is C4H11ClMg. The molecule has 0 unspecified atom stereocenters. The molecule has 0 aliphatic heterocycles. The van der Waals surface area contributed by atoms with Gasteiger partial charge in [-0.1, -0.05) is 13.8 Å². The molecule has 0 aromatic heterocycles.